The molecule has 1 aliphatic rings. The summed E-state index contributed by atoms with van der Waals surface area (Å²) < 4.78 is 13.9. The van der Waals surface area contributed by atoms with Crippen molar-refractivity contribution in [2.45, 2.75) is 45.1 Å². The Hall–Kier alpha value is -0.900. The SMILES string of the molecule is Cc1ccc(F)c(C(=O)N(CCBr)C2CCCCC2)c1. The Morgan fingerprint density at radius 2 is 2.05 bits per heavy atom. The molecule has 0 aliphatic heterocycles. The molecule has 0 radical (unpaired) electrons. The molecular formula is C16H21BrFNO. The molecule has 0 heterocycles. The van der Waals surface area contributed by atoms with Crippen LogP contribution in [0, 0.1) is 12.7 Å². The topological polar surface area (TPSA) is 20.3 Å². The highest BCUT2D eigenvalue weighted by Gasteiger charge is 2.27. The molecule has 2 nitrogen and oxygen atoms in total. The first-order valence-corrected chi connectivity index (χ1v) is 8.38. The van der Waals surface area contributed by atoms with E-state index in [4.69, 9.17) is 0 Å². The highest BCUT2D eigenvalue weighted by Crippen LogP contribution is 2.25. The Balaban J connectivity index is 2.23. The monoisotopic (exact) mass is 341 g/mol. The van der Waals surface area contributed by atoms with Gasteiger partial charge in [-0.15, -0.1) is 0 Å². The first-order valence-electron chi connectivity index (χ1n) is 7.26. The predicted octanol–water partition coefficient (Wildman–Crippen LogP) is 4.30. The summed E-state index contributed by atoms with van der Waals surface area (Å²) in [5, 5.41) is 0.725. The van der Waals surface area contributed by atoms with Crippen LogP contribution in [0.5, 0.6) is 0 Å². The molecule has 4 heteroatoms. The van der Waals surface area contributed by atoms with E-state index in [2.05, 4.69) is 15.9 Å². The first kappa shape index (κ1) is 15.5. The second kappa shape index (κ2) is 7.21. The van der Waals surface area contributed by atoms with E-state index in [1.807, 2.05) is 11.8 Å². The van der Waals surface area contributed by atoms with Gasteiger partial charge in [0.1, 0.15) is 5.82 Å². The molecule has 1 saturated carbocycles. The van der Waals surface area contributed by atoms with Crippen molar-refractivity contribution in [2.24, 2.45) is 0 Å². The molecule has 20 heavy (non-hydrogen) atoms. The Kier molecular flexibility index (Phi) is 5.58. The maximum Gasteiger partial charge on any atom is 0.257 e. The molecule has 0 bridgehead atoms. The average Bonchev–Trinajstić information content (AvgIpc) is 2.47. The van der Waals surface area contributed by atoms with E-state index in [0.717, 1.165) is 36.6 Å². The van der Waals surface area contributed by atoms with Crippen molar-refractivity contribution in [3.63, 3.8) is 0 Å². The van der Waals surface area contributed by atoms with E-state index in [9.17, 15) is 9.18 Å². The standard InChI is InChI=1S/C16H21BrFNO/c1-12-7-8-15(18)14(11-12)16(20)19(10-9-17)13-5-3-2-4-6-13/h7-8,11,13H,2-6,9-10H2,1H3. The van der Waals surface area contributed by atoms with Crippen molar-refractivity contribution in [3.8, 4) is 0 Å². The number of amides is 1. The number of benzene rings is 1. The van der Waals surface area contributed by atoms with E-state index in [1.54, 1.807) is 12.1 Å². The number of alkyl halides is 1. The van der Waals surface area contributed by atoms with Gasteiger partial charge in [0.2, 0.25) is 0 Å². The molecule has 1 aromatic carbocycles. The summed E-state index contributed by atoms with van der Waals surface area (Å²) in [4.78, 5) is 14.5. The van der Waals surface area contributed by atoms with E-state index in [-0.39, 0.29) is 17.5 Å². The van der Waals surface area contributed by atoms with Gasteiger partial charge in [-0.1, -0.05) is 46.8 Å². The van der Waals surface area contributed by atoms with Gasteiger partial charge in [0.15, 0.2) is 0 Å². The van der Waals surface area contributed by atoms with E-state index in [1.165, 1.54) is 12.5 Å². The number of hydrogen-bond donors (Lipinski definition) is 0. The molecule has 110 valence electrons. The van der Waals surface area contributed by atoms with E-state index in [0.29, 0.717) is 6.54 Å². The summed E-state index contributed by atoms with van der Waals surface area (Å²) in [6, 6.07) is 4.99. The minimum absolute atomic E-state index is 0.169. The number of nitrogens with zero attached hydrogens (tertiary/aromatic N) is 1. The second-order valence-electron chi connectivity index (χ2n) is 5.46. The number of carbonyl (C=O) groups is 1. The maximum absolute atomic E-state index is 13.9. The van der Waals surface area contributed by atoms with E-state index >= 15 is 0 Å². The summed E-state index contributed by atoms with van der Waals surface area (Å²) in [6.45, 7) is 2.52. The van der Waals surface area contributed by atoms with Crippen LogP contribution in [0.4, 0.5) is 4.39 Å². The lowest BCUT2D eigenvalue weighted by atomic mass is 9.93. The van der Waals surface area contributed by atoms with Gasteiger partial charge in [-0.05, 0) is 31.9 Å². The van der Waals surface area contributed by atoms with Gasteiger partial charge in [-0.25, -0.2) is 4.39 Å². The minimum atomic E-state index is -0.420. The third kappa shape index (κ3) is 3.60. The smallest absolute Gasteiger partial charge is 0.257 e. The van der Waals surface area contributed by atoms with Gasteiger partial charge in [-0.2, -0.15) is 0 Å². The van der Waals surface area contributed by atoms with Crippen LogP contribution in [0.1, 0.15) is 48.0 Å². The summed E-state index contributed by atoms with van der Waals surface area (Å²) in [5.41, 5.74) is 1.12. The summed E-state index contributed by atoms with van der Waals surface area (Å²) in [5.74, 6) is -0.589. The van der Waals surface area contributed by atoms with Crippen LogP contribution in [-0.4, -0.2) is 28.7 Å². The van der Waals surface area contributed by atoms with Crippen LogP contribution in [0.2, 0.25) is 0 Å². The zero-order chi connectivity index (χ0) is 14.5. The van der Waals surface area contributed by atoms with Gasteiger partial charge in [0.05, 0.1) is 5.56 Å². The molecule has 2 rings (SSSR count). The average molecular weight is 342 g/mol. The van der Waals surface area contributed by atoms with Crippen LogP contribution in [0.3, 0.4) is 0 Å². The fourth-order valence-electron chi connectivity index (χ4n) is 2.89. The quantitative estimate of drug-likeness (QED) is 0.747. The fourth-order valence-corrected chi connectivity index (χ4v) is 3.27. The fraction of sp³-hybridized carbons (Fsp3) is 0.562. The zero-order valence-electron chi connectivity index (χ0n) is 11.9. The molecule has 0 N–H and O–H groups in total. The van der Waals surface area contributed by atoms with Crippen molar-refractivity contribution in [2.75, 3.05) is 11.9 Å². The first-order chi connectivity index (χ1) is 9.63. The van der Waals surface area contributed by atoms with E-state index < -0.39 is 5.82 Å². The lowest BCUT2D eigenvalue weighted by Gasteiger charge is -2.34. The third-order valence-corrected chi connectivity index (χ3v) is 4.31. The summed E-state index contributed by atoms with van der Waals surface area (Å²) in [7, 11) is 0. The van der Waals surface area contributed by atoms with Crippen molar-refractivity contribution in [1.82, 2.24) is 4.90 Å². The van der Waals surface area contributed by atoms with Crippen LogP contribution in [0.25, 0.3) is 0 Å². The Bertz CT molecular complexity index is 472. The van der Waals surface area contributed by atoms with Crippen LogP contribution in [-0.2, 0) is 0 Å². The highest BCUT2D eigenvalue weighted by molar-refractivity contribution is 9.09. The minimum Gasteiger partial charge on any atom is -0.335 e. The second-order valence-corrected chi connectivity index (χ2v) is 6.26. The molecule has 0 saturated heterocycles. The number of hydrogen-bond acceptors (Lipinski definition) is 1. The van der Waals surface area contributed by atoms with Crippen LogP contribution in [0.15, 0.2) is 18.2 Å². The number of aryl methyl sites for hydroxylation is 1. The van der Waals surface area contributed by atoms with Crippen molar-refractivity contribution >= 4 is 21.8 Å². The molecule has 0 atom stereocenters. The highest BCUT2D eigenvalue weighted by atomic mass is 79.9. The summed E-state index contributed by atoms with van der Waals surface area (Å²) in [6.07, 6.45) is 5.63. The molecule has 0 spiro atoms. The molecule has 1 aliphatic carbocycles. The molecular weight excluding hydrogens is 321 g/mol. The predicted molar refractivity (Wildman–Crippen MR) is 82.8 cm³/mol. The van der Waals surface area contributed by atoms with Gasteiger partial charge in [-0.3, -0.25) is 4.79 Å². The third-order valence-electron chi connectivity index (χ3n) is 3.95. The number of rotatable bonds is 4. The normalized spacial score (nSPS) is 16.1. The van der Waals surface area contributed by atoms with Gasteiger partial charge in [0, 0.05) is 17.9 Å². The molecule has 1 fully saturated rings. The lowest BCUT2D eigenvalue weighted by Crippen LogP contribution is -2.43. The zero-order valence-corrected chi connectivity index (χ0v) is 13.5. The van der Waals surface area contributed by atoms with Gasteiger partial charge in [0.25, 0.3) is 5.91 Å². The Morgan fingerprint density at radius 3 is 2.70 bits per heavy atom. The van der Waals surface area contributed by atoms with Gasteiger partial charge < -0.3 is 4.90 Å². The molecule has 0 aromatic heterocycles. The van der Waals surface area contributed by atoms with Crippen LogP contribution < -0.4 is 0 Å². The van der Waals surface area contributed by atoms with Crippen LogP contribution >= 0.6 is 15.9 Å². The Morgan fingerprint density at radius 1 is 1.35 bits per heavy atom. The van der Waals surface area contributed by atoms with Crippen molar-refractivity contribution in [1.29, 1.82) is 0 Å². The molecule has 1 amide bonds. The summed E-state index contributed by atoms with van der Waals surface area (Å²) >= 11 is 3.40. The lowest BCUT2D eigenvalue weighted by molar-refractivity contribution is 0.0646. The molecule has 1 aromatic rings. The van der Waals surface area contributed by atoms with Crippen molar-refractivity contribution < 1.29 is 9.18 Å². The number of carbonyl (C=O) groups excluding carboxylic acids is 1. The van der Waals surface area contributed by atoms with Crippen molar-refractivity contribution in [3.05, 3.63) is 35.1 Å². The maximum atomic E-state index is 13.9. The Labute approximate surface area is 128 Å². The molecule has 0 unspecified atom stereocenters. The largest absolute Gasteiger partial charge is 0.335 e. The number of halogens is 2. The van der Waals surface area contributed by atoms with Gasteiger partial charge >= 0.3 is 0 Å².